The fourth-order valence-electron chi connectivity index (χ4n) is 2.62. The minimum Gasteiger partial charge on any atom is -0.347 e. The first kappa shape index (κ1) is 14.7. The van der Waals surface area contributed by atoms with Gasteiger partial charge >= 0.3 is 0 Å². The van der Waals surface area contributed by atoms with E-state index in [9.17, 15) is 4.79 Å². The highest BCUT2D eigenvalue weighted by Crippen LogP contribution is 2.22. The Morgan fingerprint density at radius 1 is 1.18 bits per heavy atom. The van der Waals surface area contributed by atoms with Crippen molar-refractivity contribution in [3.8, 4) is 0 Å². The van der Waals surface area contributed by atoms with Crippen molar-refractivity contribution in [2.75, 3.05) is 0 Å². The highest BCUT2D eigenvalue weighted by molar-refractivity contribution is 6.31. The minimum absolute atomic E-state index is 0.0867. The molecule has 1 aromatic heterocycles. The number of carbonyl (C=O) groups excluding carboxylic acids is 1. The molecule has 112 valence electrons. The van der Waals surface area contributed by atoms with E-state index in [1.807, 2.05) is 61.0 Å². The van der Waals surface area contributed by atoms with Gasteiger partial charge < -0.3 is 9.88 Å². The van der Waals surface area contributed by atoms with Crippen LogP contribution in [0.2, 0.25) is 5.02 Å². The third-order valence-corrected chi connectivity index (χ3v) is 4.01. The summed E-state index contributed by atoms with van der Waals surface area (Å²) in [4.78, 5) is 12.4. The van der Waals surface area contributed by atoms with Crippen LogP contribution in [-0.2, 0) is 13.6 Å². The van der Waals surface area contributed by atoms with Gasteiger partial charge in [-0.05, 0) is 30.7 Å². The molecule has 1 amide bonds. The summed E-state index contributed by atoms with van der Waals surface area (Å²) >= 11 is 6.02. The van der Waals surface area contributed by atoms with Gasteiger partial charge in [0, 0.05) is 29.5 Å². The third-order valence-electron chi connectivity index (χ3n) is 3.78. The van der Waals surface area contributed by atoms with E-state index in [2.05, 4.69) is 11.4 Å². The number of amides is 1. The molecular formula is C18H17ClN2O. The van der Waals surface area contributed by atoms with Crippen LogP contribution in [-0.4, -0.2) is 10.5 Å². The molecular weight excluding hydrogens is 296 g/mol. The Kier molecular flexibility index (Phi) is 3.90. The lowest BCUT2D eigenvalue weighted by Crippen LogP contribution is -2.24. The van der Waals surface area contributed by atoms with Crippen LogP contribution in [0.4, 0.5) is 0 Å². The maximum absolute atomic E-state index is 12.4. The average molecular weight is 313 g/mol. The van der Waals surface area contributed by atoms with Gasteiger partial charge in [0.2, 0.25) is 0 Å². The summed E-state index contributed by atoms with van der Waals surface area (Å²) in [5, 5.41) is 4.64. The number of hydrogen-bond donors (Lipinski definition) is 1. The number of nitrogens with one attached hydrogen (secondary N) is 1. The van der Waals surface area contributed by atoms with Gasteiger partial charge in [-0.3, -0.25) is 4.79 Å². The zero-order chi connectivity index (χ0) is 15.7. The van der Waals surface area contributed by atoms with Crippen molar-refractivity contribution < 1.29 is 4.79 Å². The summed E-state index contributed by atoms with van der Waals surface area (Å²) in [6.07, 6.45) is 0. The zero-order valence-corrected chi connectivity index (χ0v) is 13.3. The maximum Gasteiger partial charge on any atom is 0.268 e. The minimum atomic E-state index is -0.0867. The van der Waals surface area contributed by atoms with E-state index in [1.165, 1.54) is 5.56 Å². The Labute approximate surface area is 134 Å². The van der Waals surface area contributed by atoms with Gasteiger partial charge in [0.15, 0.2) is 0 Å². The van der Waals surface area contributed by atoms with E-state index in [4.69, 9.17) is 11.6 Å². The summed E-state index contributed by atoms with van der Waals surface area (Å²) < 4.78 is 1.87. The van der Waals surface area contributed by atoms with Gasteiger partial charge in [0.05, 0.1) is 0 Å². The molecule has 0 saturated carbocycles. The molecule has 0 atom stereocenters. The fourth-order valence-corrected chi connectivity index (χ4v) is 2.78. The quantitative estimate of drug-likeness (QED) is 0.777. The topological polar surface area (TPSA) is 34.0 Å². The molecule has 0 radical (unpaired) electrons. The molecule has 1 N–H and O–H groups in total. The monoisotopic (exact) mass is 312 g/mol. The normalized spacial score (nSPS) is 10.9. The molecule has 0 fully saturated rings. The van der Waals surface area contributed by atoms with E-state index in [1.54, 1.807) is 0 Å². The molecule has 0 aliphatic rings. The Hall–Kier alpha value is -2.26. The third kappa shape index (κ3) is 2.85. The van der Waals surface area contributed by atoms with Crippen LogP contribution in [0, 0.1) is 6.92 Å². The number of nitrogens with zero attached hydrogens (tertiary/aromatic N) is 1. The molecule has 3 rings (SSSR count). The molecule has 0 aliphatic carbocycles. The van der Waals surface area contributed by atoms with Gasteiger partial charge in [-0.15, -0.1) is 0 Å². The van der Waals surface area contributed by atoms with Gasteiger partial charge in [0.25, 0.3) is 5.91 Å². The Balaban J connectivity index is 1.82. The number of aromatic nitrogens is 1. The van der Waals surface area contributed by atoms with Crippen molar-refractivity contribution in [2.24, 2.45) is 7.05 Å². The lowest BCUT2D eigenvalue weighted by Gasteiger charge is -2.07. The molecule has 0 aliphatic heterocycles. The van der Waals surface area contributed by atoms with Crippen molar-refractivity contribution in [3.05, 3.63) is 70.4 Å². The standard InChI is InChI=1S/C18H17ClN2O/c1-12-4-3-5-13(8-12)11-20-18(22)17-9-14-6-7-15(19)10-16(14)21(17)2/h3-10H,11H2,1-2H3,(H,20,22). The number of rotatable bonds is 3. The number of hydrogen-bond acceptors (Lipinski definition) is 1. The molecule has 0 saturated heterocycles. The average Bonchev–Trinajstić information content (AvgIpc) is 2.82. The first-order valence-corrected chi connectivity index (χ1v) is 7.51. The van der Waals surface area contributed by atoms with E-state index < -0.39 is 0 Å². The summed E-state index contributed by atoms with van der Waals surface area (Å²) in [5.74, 6) is -0.0867. The number of benzene rings is 2. The molecule has 22 heavy (non-hydrogen) atoms. The number of fused-ring (bicyclic) bond motifs is 1. The summed E-state index contributed by atoms with van der Waals surface area (Å²) in [7, 11) is 1.88. The fraction of sp³-hybridized carbons (Fsp3) is 0.167. The van der Waals surface area contributed by atoms with Crippen LogP contribution in [0.5, 0.6) is 0 Å². The largest absolute Gasteiger partial charge is 0.347 e. The molecule has 2 aromatic carbocycles. The maximum atomic E-state index is 12.4. The van der Waals surface area contributed by atoms with Crippen molar-refractivity contribution in [1.82, 2.24) is 9.88 Å². The summed E-state index contributed by atoms with van der Waals surface area (Å²) in [6.45, 7) is 2.56. The van der Waals surface area contributed by atoms with Crippen LogP contribution >= 0.6 is 11.6 Å². The molecule has 1 heterocycles. The predicted octanol–water partition coefficient (Wildman–Crippen LogP) is 4.07. The van der Waals surface area contributed by atoms with Gasteiger partial charge in [-0.2, -0.15) is 0 Å². The van der Waals surface area contributed by atoms with Crippen LogP contribution in [0.15, 0.2) is 48.5 Å². The van der Waals surface area contributed by atoms with E-state index in [0.717, 1.165) is 16.5 Å². The van der Waals surface area contributed by atoms with E-state index >= 15 is 0 Å². The second kappa shape index (κ2) is 5.85. The lowest BCUT2D eigenvalue weighted by atomic mass is 10.1. The second-order valence-corrected chi connectivity index (χ2v) is 5.90. The van der Waals surface area contributed by atoms with Crippen LogP contribution in [0.1, 0.15) is 21.6 Å². The van der Waals surface area contributed by atoms with Crippen LogP contribution in [0.25, 0.3) is 10.9 Å². The molecule has 3 nitrogen and oxygen atoms in total. The SMILES string of the molecule is Cc1cccc(CNC(=O)c2cc3ccc(Cl)cc3n2C)c1. The number of aryl methyl sites for hydroxylation is 2. The number of carbonyl (C=O) groups is 1. The highest BCUT2D eigenvalue weighted by atomic mass is 35.5. The first-order chi connectivity index (χ1) is 10.5. The van der Waals surface area contributed by atoms with E-state index in [0.29, 0.717) is 17.3 Å². The molecule has 3 aromatic rings. The van der Waals surface area contributed by atoms with Gasteiger partial charge in [-0.25, -0.2) is 0 Å². The molecule has 0 bridgehead atoms. The highest BCUT2D eigenvalue weighted by Gasteiger charge is 2.13. The molecule has 0 spiro atoms. The Morgan fingerprint density at radius 2 is 2.00 bits per heavy atom. The first-order valence-electron chi connectivity index (χ1n) is 7.13. The summed E-state index contributed by atoms with van der Waals surface area (Å²) in [5.41, 5.74) is 3.86. The predicted molar refractivity (Wildman–Crippen MR) is 90.3 cm³/mol. The second-order valence-electron chi connectivity index (χ2n) is 5.46. The smallest absolute Gasteiger partial charge is 0.268 e. The zero-order valence-electron chi connectivity index (χ0n) is 12.6. The van der Waals surface area contributed by atoms with Crippen molar-refractivity contribution >= 4 is 28.4 Å². The van der Waals surface area contributed by atoms with Crippen LogP contribution < -0.4 is 5.32 Å². The lowest BCUT2D eigenvalue weighted by molar-refractivity contribution is 0.0943. The number of halogens is 1. The Morgan fingerprint density at radius 3 is 2.77 bits per heavy atom. The Bertz CT molecular complexity index is 851. The van der Waals surface area contributed by atoms with Crippen molar-refractivity contribution in [2.45, 2.75) is 13.5 Å². The molecule has 0 unspecified atom stereocenters. The van der Waals surface area contributed by atoms with Crippen molar-refractivity contribution in [3.63, 3.8) is 0 Å². The van der Waals surface area contributed by atoms with Gasteiger partial charge in [0.1, 0.15) is 5.69 Å². The molecule has 4 heteroatoms. The van der Waals surface area contributed by atoms with E-state index in [-0.39, 0.29) is 5.91 Å². The van der Waals surface area contributed by atoms with Crippen molar-refractivity contribution in [1.29, 1.82) is 0 Å². The van der Waals surface area contributed by atoms with Gasteiger partial charge in [-0.1, -0.05) is 47.5 Å². The summed E-state index contributed by atoms with van der Waals surface area (Å²) in [6, 6.07) is 15.6. The van der Waals surface area contributed by atoms with Crippen LogP contribution in [0.3, 0.4) is 0 Å².